The van der Waals surface area contributed by atoms with E-state index in [1.165, 1.54) is 12.1 Å². The molecule has 9 nitrogen and oxygen atoms in total. The molecule has 0 bridgehead atoms. The lowest BCUT2D eigenvalue weighted by molar-refractivity contribution is -0.151. The van der Waals surface area contributed by atoms with Crippen molar-refractivity contribution in [1.29, 1.82) is 5.41 Å². The topological polar surface area (TPSA) is 135 Å². The fraction of sp³-hybridized carbons (Fsp3) is 0.308. The monoisotopic (exact) mass is 534 g/mol. The molecule has 0 heterocycles. The van der Waals surface area contributed by atoms with Crippen LogP contribution in [-0.2, 0) is 25.2 Å². The molecular weight excluding hydrogens is 505 g/mol. The number of hydrogen-bond acceptors (Lipinski definition) is 6. The van der Waals surface area contributed by atoms with Crippen molar-refractivity contribution in [2.24, 2.45) is 5.73 Å². The SMILES string of the molecule is CCOC(=O)CC(NC(=O)N(CC=Cc1cccc(C(=N)N)c1)c1cccc(C(F)(F)F)c1)C(=O)OCC. The first-order valence-corrected chi connectivity index (χ1v) is 11.6. The molecule has 38 heavy (non-hydrogen) atoms. The third kappa shape index (κ3) is 8.95. The summed E-state index contributed by atoms with van der Waals surface area (Å²) in [5, 5.41) is 9.92. The number of nitrogens with one attached hydrogen (secondary N) is 2. The Morgan fingerprint density at radius 2 is 1.76 bits per heavy atom. The zero-order valence-corrected chi connectivity index (χ0v) is 20.9. The van der Waals surface area contributed by atoms with Gasteiger partial charge in [-0.15, -0.1) is 0 Å². The number of alkyl halides is 3. The molecule has 0 saturated heterocycles. The average Bonchev–Trinajstić information content (AvgIpc) is 2.86. The van der Waals surface area contributed by atoms with Gasteiger partial charge in [0.25, 0.3) is 0 Å². The lowest BCUT2D eigenvalue weighted by Gasteiger charge is -2.25. The minimum Gasteiger partial charge on any atom is -0.466 e. The van der Waals surface area contributed by atoms with Crippen LogP contribution >= 0.6 is 0 Å². The highest BCUT2D eigenvalue weighted by Gasteiger charge is 2.32. The summed E-state index contributed by atoms with van der Waals surface area (Å²) in [6, 6.07) is 8.43. The normalized spacial score (nSPS) is 12.0. The number of nitrogens with zero attached hydrogens (tertiary/aromatic N) is 1. The maximum Gasteiger partial charge on any atom is 0.416 e. The first kappa shape index (κ1) is 29.9. The number of nitrogens with two attached hydrogens (primary N) is 1. The maximum absolute atomic E-state index is 13.4. The molecule has 2 rings (SSSR count). The van der Waals surface area contributed by atoms with E-state index in [0.717, 1.165) is 23.1 Å². The van der Waals surface area contributed by atoms with Crippen molar-refractivity contribution in [3.05, 3.63) is 71.3 Å². The van der Waals surface area contributed by atoms with Gasteiger partial charge in [0.1, 0.15) is 11.9 Å². The molecular formula is C26H29F3N4O5. The molecule has 12 heteroatoms. The van der Waals surface area contributed by atoms with Gasteiger partial charge < -0.3 is 20.5 Å². The fourth-order valence-corrected chi connectivity index (χ4v) is 3.31. The number of esters is 2. The van der Waals surface area contributed by atoms with Gasteiger partial charge in [-0.05, 0) is 43.7 Å². The minimum absolute atomic E-state index is 0.0204. The van der Waals surface area contributed by atoms with E-state index in [1.807, 2.05) is 0 Å². The second kappa shape index (κ2) is 13.8. The van der Waals surface area contributed by atoms with Gasteiger partial charge in [-0.25, -0.2) is 9.59 Å². The van der Waals surface area contributed by atoms with Gasteiger partial charge in [0, 0.05) is 17.8 Å². The predicted octanol–water partition coefficient (Wildman–Crippen LogP) is 4.10. The zero-order valence-electron chi connectivity index (χ0n) is 20.9. The van der Waals surface area contributed by atoms with Crippen LogP contribution in [0.5, 0.6) is 0 Å². The molecule has 204 valence electrons. The standard InChI is InChI=1S/C26H29F3N4O5/c1-3-37-22(34)16-21(24(35)38-4-2)32-25(36)33(20-12-6-11-19(15-20)26(27,28)29)13-7-9-17-8-5-10-18(14-17)23(30)31/h5-12,14-15,21H,3-4,13,16H2,1-2H3,(H3,30,31)(H,32,36). The van der Waals surface area contributed by atoms with Gasteiger partial charge in [0.2, 0.25) is 0 Å². The van der Waals surface area contributed by atoms with Crippen LogP contribution in [0.4, 0.5) is 23.7 Å². The highest BCUT2D eigenvalue weighted by Crippen LogP contribution is 2.31. The van der Waals surface area contributed by atoms with E-state index in [-0.39, 0.29) is 31.3 Å². The Morgan fingerprint density at radius 3 is 2.39 bits per heavy atom. The van der Waals surface area contributed by atoms with E-state index in [4.69, 9.17) is 20.6 Å². The molecule has 0 aromatic heterocycles. The average molecular weight is 535 g/mol. The van der Waals surface area contributed by atoms with Gasteiger partial charge in [-0.3, -0.25) is 15.1 Å². The molecule has 0 spiro atoms. The lowest BCUT2D eigenvalue weighted by atomic mass is 10.1. The Labute approximate surface area is 217 Å². The van der Waals surface area contributed by atoms with Gasteiger partial charge in [-0.1, -0.05) is 36.4 Å². The van der Waals surface area contributed by atoms with E-state index in [1.54, 1.807) is 44.2 Å². The molecule has 2 amide bonds. The zero-order chi connectivity index (χ0) is 28.3. The van der Waals surface area contributed by atoms with Crippen molar-refractivity contribution in [3.8, 4) is 0 Å². The van der Waals surface area contributed by atoms with Crippen molar-refractivity contribution in [1.82, 2.24) is 5.32 Å². The van der Waals surface area contributed by atoms with Crippen molar-refractivity contribution < 1.29 is 37.0 Å². The number of rotatable bonds is 11. The number of carbonyl (C=O) groups is 3. The Bertz CT molecular complexity index is 1180. The molecule has 1 atom stereocenters. The molecule has 0 aliphatic carbocycles. The Hall–Kier alpha value is -4.35. The second-order valence-electron chi connectivity index (χ2n) is 7.86. The van der Waals surface area contributed by atoms with Crippen molar-refractivity contribution >= 4 is 35.6 Å². The van der Waals surface area contributed by atoms with Gasteiger partial charge in [-0.2, -0.15) is 13.2 Å². The third-order valence-electron chi connectivity index (χ3n) is 5.07. The molecule has 1 unspecified atom stereocenters. The summed E-state index contributed by atoms with van der Waals surface area (Å²) in [4.78, 5) is 38.6. The summed E-state index contributed by atoms with van der Waals surface area (Å²) in [5.41, 5.74) is 5.54. The largest absolute Gasteiger partial charge is 0.466 e. The van der Waals surface area contributed by atoms with E-state index in [2.05, 4.69) is 5.32 Å². The summed E-state index contributed by atoms with van der Waals surface area (Å²) < 4.78 is 49.8. The molecule has 0 radical (unpaired) electrons. The number of ether oxygens (including phenoxy) is 2. The van der Waals surface area contributed by atoms with E-state index in [0.29, 0.717) is 11.1 Å². The van der Waals surface area contributed by atoms with E-state index < -0.39 is 42.2 Å². The van der Waals surface area contributed by atoms with Crippen LogP contribution in [0.15, 0.2) is 54.6 Å². The summed E-state index contributed by atoms with van der Waals surface area (Å²) in [6.45, 7) is 2.94. The molecule has 0 saturated carbocycles. The van der Waals surface area contributed by atoms with Crippen LogP contribution in [0.25, 0.3) is 6.08 Å². The number of carbonyl (C=O) groups excluding carboxylic acids is 3. The van der Waals surface area contributed by atoms with Crippen LogP contribution in [0.1, 0.15) is 37.0 Å². The predicted molar refractivity (Wildman–Crippen MR) is 135 cm³/mol. The quantitative estimate of drug-likeness (QED) is 0.226. The Morgan fingerprint density at radius 1 is 1.08 bits per heavy atom. The molecule has 0 fully saturated rings. The summed E-state index contributed by atoms with van der Waals surface area (Å²) in [6.07, 6.45) is -2.06. The number of benzene rings is 2. The van der Waals surface area contributed by atoms with Crippen LogP contribution in [0, 0.1) is 5.41 Å². The van der Waals surface area contributed by atoms with Crippen molar-refractivity contribution in [2.45, 2.75) is 32.5 Å². The Balaban J connectivity index is 2.38. The van der Waals surface area contributed by atoms with Gasteiger partial charge in [0.15, 0.2) is 0 Å². The highest BCUT2D eigenvalue weighted by molar-refractivity contribution is 5.96. The van der Waals surface area contributed by atoms with Gasteiger partial charge in [0.05, 0.1) is 25.2 Å². The van der Waals surface area contributed by atoms with E-state index >= 15 is 0 Å². The minimum atomic E-state index is -4.65. The number of urea groups is 1. The number of amides is 2. The van der Waals surface area contributed by atoms with Crippen LogP contribution in [-0.4, -0.2) is 49.6 Å². The van der Waals surface area contributed by atoms with E-state index in [9.17, 15) is 27.6 Å². The van der Waals surface area contributed by atoms with Crippen LogP contribution in [0.3, 0.4) is 0 Å². The molecule has 0 aliphatic rings. The van der Waals surface area contributed by atoms with Crippen molar-refractivity contribution in [3.63, 3.8) is 0 Å². The van der Waals surface area contributed by atoms with Crippen molar-refractivity contribution in [2.75, 3.05) is 24.7 Å². The summed E-state index contributed by atoms with van der Waals surface area (Å²) in [5.74, 6) is -1.80. The third-order valence-corrected chi connectivity index (χ3v) is 5.07. The molecule has 2 aromatic rings. The number of halogens is 3. The first-order chi connectivity index (χ1) is 18.0. The summed E-state index contributed by atoms with van der Waals surface area (Å²) in [7, 11) is 0. The number of amidine groups is 1. The Kier molecular flexibility index (Phi) is 10.9. The second-order valence-corrected chi connectivity index (χ2v) is 7.86. The first-order valence-electron chi connectivity index (χ1n) is 11.6. The number of hydrogen-bond donors (Lipinski definition) is 3. The highest BCUT2D eigenvalue weighted by atomic mass is 19.4. The molecule has 4 N–H and O–H groups in total. The van der Waals surface area contributed by atoms with Gasteiger partial charge >= 0.3 is 24.1 Å². The fourth-order valence-electron chi connectivity index (χ4n) is 3.31. The summed E-state index contributed by atoms with van der Waals surface area (Å²) >= 11 is 0. The maximum atomic E-state index is 13.4. The smallest absolute Gasteiger partial charge is 0.416 e. The van der Waals surface area contributed by atoms with Crippen LogP contribution < -0.4 is 16.0 Å². The number of anilines is 1. The number of nitrogen functional groups attached to an aromatic ring is 1. The van der Waals surface area contributed by atoms with Crippen LogP contribution in [0.2, 0.25) is 0 Å². The molecule has 2 aromatic carbocycles. The lowest BCUT2D eigenvalue weighted by Crippen LogP contribution is -2.49. The molecule has 0 aliphatic heterocycles.